The SMILES string of the molecule is C#CCn1c(C)nc(-c2cccc(C(F)(F)F)c2)c1N. The minimum absolute atomic E-state index is 0.226. The molecule has 6 heteroatoms. The zero-order valence-electron chi connectivity index (χ0n) is 10.7. The first-order chi connectivity index (χ1) is 9.34. The monoisotopic (exact) mass is 279 g/mol. The van der Waals surface area contributed by atoms with Gasteiger partial charge in [0, 0.05) is 5.56 Å². The second-order valence-electron chi connectivity index (χ2n) is 4.26. The number of nitrogens with zero attached hydrogens (tertiary/aromatic N) is 2. The number of imidazole rings is 1. The van der Waals surface area contributed by atoms with Gasteiger partial charge in [-0.2, -0.15) is 13.2 Å². The van der Waals surface area contributed by atoms with Gasteiger partial charge < -0.3 is 10.3 Å². The van der Waals surface area contributed by atoms with Crippen molar-refractivity contribution < 1.29 is 13.2 Å². The van der Waals surface area contributed by atoms with Gasteiger partial charge in [-0.05, 0) is 19.1 Å². The number of benzene rings is 1. The quantitative estimate of drug-likeness (QED) is 0.858. The fourth-order valence-electron chi connectivity index (χ4n) is 1.93. The third-order valence-corrected chi connectivity index (χ3v) is 2.91. The highest BCUT2D eigenvalue weighted by Gasteiger charge is 2.30. The Morgan fingerprint density at radius 2 is 2.10 bits per heavy atom. The maximum Gasteiger partial charge on any atom is 0.416 e. The molecular weight excluding hydrogens is 267 g/mol. The summed E-state index contributed by atoms with van der Waals surface area (Å²) in [5, 5.41) is 0. The maximum atomic E-state index is 12.7. The topological polar surface area (TPSA) is 43.8 Å². The summed E-state index contributed by atoms with van der Waals surface area (Å²) in [7, 11) is 0. The predicted molar refractivity (Wildman–Crippen MR) is 70.6 cm³/mol. The Bertz CT molecular complexity index is 678. The summed E-state index contributed by atoms with van der Waals surface area (Å²) >= 11 is 0. The molecule has 0 aliphatic carbocycles. The van der Waals surface area contributed by atoms with Crippen LogP contribution >= 0.6 is 0 Å². The van der Waals surface area contributed by atoms with Crippen molar-refractivity contribution in [2.75, 3.05) is 5.73 Å². The number of nitrogen functional groups attached to an aromatic ring is 1. The Kier molecular flexibility index (Phi) is 3.45. The summed E-state index contributed by atoms with van der Waals surface area (Å²) < 4.78 is 39.7. The first-order valence-corrected chi connectivity index (χ1v) is 5.78. The van der Waals surface area contributed by atoms with Gasteiger partial charge in [-0.15, -0.1) is 6.42 Å². The van der Waals surface area contributed by atoms with E-state index in [1.165, 1.54) is 12.1 Å². The summed E-state index contributed by atoms with van der Waals surface area (Å²) in [5.41, 5.74) is 5.79. The molecule has 1 aromatic heterocycles. The third-order valence-electron chi connectivity index (χ3n) is 2.91. The number of terminal acetylenes is 1. The van der Waals surface area contributed by atoms with Gasteiger partial charge in [0.15, 0.2) is 0 Å². The molecule has 0 bridgehead atoms. The Morgan fingerprint density at radius 1 is 1.40 bits per heavy atom. The van der Waals surface area contributed by atoms with Gasteiger partial charge in [0.05, 0.1) is 12.1 Å². The summed E-state index contributed by atoms with van der Waals surface area (Å²) in [6.07, 6.45) is 0.823. The first-order valence-electron chi connectivity index (χ1n) is 5.78. The van der Waals surface area contributed by atoms with E-state index in [4.69, 9.17) is 12.2 Å². The van der Waals surface area contributed by atoms with Gasteiger partial charge in [0.2, 0.25) is 0 Å². The number of nitrogens with two attached hydrogens (primary N) is 1. The van der Waals surface area contributed by atoms with Crippen LogP contribution in [-0.2, 0) is 12.7 Å². The lowest BCUT2D eigenvalue weighted by atomic mass is 10.1. The van der Waals surface area contributed by atoms with Crippen molar-refractivity contribution in [1.82, 2.24) is 9.55 Å². The van der Waals surface area contributed by atoms with Crippen LogP contribution in [0, 0.1) is 19.3 Å². The fraction of sp³-hybridized carbons (Fsp3) is 0.214. The molecule has 104 valence electrons. The van der Waals surface area contributed by atoms with E-state index in [2.05, 4.69) is 10.9 Å². The molecular formula is C14H12F3N3. The fourth-order valence-corrected chi connectivity index (χ4v) is 1.93. The highest BCUT2D eigenvalue weighted by Crippen LogP contribution is 2.33. The van der Waals surface area contributed by atoms with Gasteiger partial charge in [0.1, 0.15) is 17.3 Å². The molecule has 0 aliphatic heterocycles. The number of aryl methyl sites for hydroxylation is 1. The molecule has 0 atom stereocenters. The average Bonchev–Trinajstić information content (AvgIpc) is 2.66. The predicted octanol–water partition coefficient (Wildman–Crippen LogP) is 3.09. The van der Waals surface area contributed by atoms with Crippen LogP contribution in [0.25, 0.3) is 11.3 Å². The number of aromatic nitrogens is 2. The van der Waals surface area contributed by atoms with E-state index < -0.39 is 11.7 Å². The van der Waals surface area contributed by atoms with Crippen LogP contribution in [0.2, 0.25) is 0 Å². The van der Waals surface area contributed by atoms with E-state index in [0.29, 0.717) is 17.1 Å². The maximum absolute atomic E-state index is 12.7. The Labute approximate surface area is 114 Å². The number of hydrogen-bond donors (Lipinski definition) is 1. The molecule has 1 heterocycles. The molecule has 0 saturated carbocycles. The molecule has 2 N–H and O–H groups in total. The van der Waals surface area contributed by atoms with Crippen molar-refractivity contribution in [3.63, 3.8) is 0 Å². The standard InChI is InChI=1S/C14H12F3N3/c1-3-7-20-9(2)19-12(13(20)18)10-5-4-6-11(8-10)14(15,16)17/h1,4-6,8H,7,18H2,2H3. The number of halogens is 3. The van der Waals surface area contributed by atoms with Gasteiger partial charge in [-0.3, -0.25) is 0 Å². The molecule has 0 saturated heterocycles. The van der Waals surface area contributed by atoms with Gasteiger partial charge in [0.25, 0.3) is 0 Å². The molecule has 20 heavy (non-hydrogen) atoms. The lowest BCUT2D eigenvalue weighted by Gasteiger charge is -2.08. The molecule has 0 unspecified atom stereocenters. The summed E-state index contributed by atoms with van der Waals surface area (Å²) in [4.78, 5) is 4.20. The minimum Gasteiger partial charge on any atom is -0.383 e. The molecule has 2 rings (SSSR count). The molecule has 2 aromatic rings. The largest absolute Gasteiger partial charge is 0.416 e. The Morgan fingerprint density at radius 3 is 2.70 bits per heavy atom. The molecule has 0 aliphatic rings. The van der Waals surface area contributed by atoms with E-state index in [1.807, 2.05) is 0 Å². The van der Waals surface area contributed by atoms with Gasteiger partial charge in [-0.1, -0.05) is 18.1 Å². The second kappa shape index (κ2) is 4.93. The van der Waals surface area contributed by atoms with E-state index in [-0.39, 0.29) is 12.4 Å². The number of anilines is 1. The molecule has 0 fully saturated rings. The third kappa shape index (κ3) is 2.48. The normalized spacial score (nSPS) is 11.3. The van der Waals surface area contributed by atoms with E-state index >= 15 is 0 Å². The van der Waals surface area contributed by atoms with Crippen molar-refractivity contribution in [2.45, 2.75) is 19.6 Å². The number of alkyl halides is 3. The van der Waals surface area contributed by atoms with Crippen molar-refractivity contribution in [3.8, 4) is 23.6 Å². The van der Waals surface area contributed by atoms with Crippen molar-refractivity contribution in [1.29, 1.82) is 0 Å². The highest BCUT2D eigenvalue weighted by atomic mass is 19.4. The smallest absolute Gasteiger partial charge is 0.383 e. The van der Waals surface area contributed by atoms with Crippen LogP contribution < -0.4 is 5.73 Å². The van der Waals surface area contributed by atoms with Crippen LogP contribution in [0.15, 0.2) is 24.3 Å². The summed E-state index contributed by atoms with van der Waals surface area (Å²) in [6.45, 7) is 1.93. The number of hydrogen-bond acceptors (Lipinski definition) is 2. The Balaban J connectivity index is 2.53. The molecule has 0 spiro atoms. The zero-order chi connectivity index (χ0) is 14.9. The lowest BCUT2D eigenvalue weighted by Crippen LogP contribution is -2.05. The second-order valence-corrected chi connectivity index (χ2v) is 4.26. The van der Waals surface area contributed by atoms with Gasteiger partial charge >= 0.3 is 6.18 Å². The van der Waals surface area contributed by atoms with E-state index in [1.54, 1.807) is 11.5 Å². The van der Waals surface area contributed by atoms with Crippen LogP contribution in [0.4, 0.5) is 19.0 Å². The Hall–Kier alpha value is -2.42. The molecule has 3 nitrogen and oxygen atoms in total. The van der Waals surface area contributed by atoms with Crippen molar-refractivity contribution >= 4 is 5.82 Å². The van der Waals surface area contributed by atoms with E-state index in [0.717, 1.165) is 12.1 Å². The first kappa shape index (κ1) is 14.0. The number of rotatable bonds is 2. The van der Waals surface area contributed by atoms with Crippen LogP contribution in [-0.4, -0.2) is 9.55 Å². The minimum atomic E-state index is -4.40. The van der Waals surface area contributed by atoms with Crippen LogP contribution in [0.3, 0.4) is 0 Å². The zero-order valence-corrected chi connectivity index (χ0v) is 10.7. The highest BCUT2D eigenvalue weighted by molar-refractivity contribution is 5.71. The van der Waals surface area contributed by atoms with Crippen molar-refractivity contribution in [2.24, 2.45) is 0 Å². The molecule has 0 amide bonds. The molecule has 1 aromatic carbocycles. The lowest BCUT2D eigenvalue weighted by molar-refractivity contribution is -0.137. The summed E-state index contributed by atoms with van der Waals surface area (Å²) in [5.74, 6) is 3.26. The van der Waals surface area contributed by atoms with Crippen molar-refractivity contribution in [3.05, 3.63) is 35.7 Å². The average molecular weight is 279 g/mol. The molecule has 0 radical (unpaired) electrons. The summed E-state index contributed by atoms with van der Waals surface area (Å²) in [6, 6.07) is 4.89. The van der Waals surface area contributed by atoms with Gasteiger partial charge in [-0.25, -0.2) is 4.98 Å². The van der Waals surface area contributed by atoms with Crippen LogP contribution in [0.1, 0.15) is 11.4 Å². The van der Waals surface area contributed by atoms with E-state index in [9.17, 15) is 13.2 Å². The van der Waals surface area contributed by atoms with Crippen LogP contribution in [0.5, 0.6) is 0 Å².